The Bertz CT molecular complexity index is 450. The van der Waals surface area contributed by atoms with Crippen LogP contribution in [0.25, 0.3) is 0 Å². The monoisotopic (exact) mass is 329 g/mol. The number of hydrogen-bond acceptors (Lipinski definition) is 2. The fourth-order valence-electron chi connectivity index (χ4n) is 2.61. The lowest BCUT2D eigenvalue weighted by Crippen LogP contribution is -2.60. The molecule has 0 saturated heterocycles. The van der Waals surface area contributed by atoms with Crippen LogP contribution in [0.1, 0.15) is 32.8 Å². The van der Waals surface area contributed by atoms with Gasteiger partial charge in [-0.05, 0) is 31.0 Å². The Morgan fingerprint density at radius 2 is 2.21 bits per heavy atom. The largest absolute Gasteiger partial charge is 0.378 e. The number of ether oxygens (including phenoxy) is 1. The first kappa shape index (κ1) is 14.9. The van der Waals surface area contributed by atoms with Gasteiger partial charge in [0, 0.05) is 29.1 Å². The molecule has 2 nitrogen and oxygen atoms in total. The Hall–Kier alpha value is -0.450. The Labute approximate surface area is 122 Å². The van der Waals surface area contributed by atoms with Gasteiger partial charge >= 0.3 is 0 Å². The molecule has 0 heterocycles. The van der Waals surface area contributed by atoms with E-state index in [1.807, 2.05) is 13.0 Å². The molecule has 0 aromatic heterocycles. The molecule has 1 aliphatic carbocycles. The number of benzene rings is 1. The van der Waals surface area contributed by atoms with Crippen LogP contribution in [0.3, 0.4) is 0 Å². The lowest BCUT2D eigenvalue weighted by atomic mass is 9.64. The van der Waals surface area contributed by atoms with E-state index in [2.05, 4.69) is 35.1 Å². The zero-order valence-corrected chi connectivity index (χ0v) is 13.3. The van der Waals surface area contributed by atoms with E-state index in [4.69, 9.17) is 4.74 Å². The first-order valence-corrected chi connectivity index (χ1v) is 7.53. The minimum atomic E-state index is -0.212. The second-order valence-electron chi connectivity index (χ2n) is 5.67. The Morgan fingerprint density at radius 1 is 1.47 bits per heavy atom. The van der Waals surface area contributed by atoms with Crippen molar-refractivity contribution in [1.82, 2.24) is 5.32 Å². The molecule has 1 fully saturated rings. The smallest absolute Gasteiger partial charge is 0.124 e. The zero-order valence-electron chi connectivity index (χ0n) is 11.7. The molecule has 2 unspecified atom stereocenters. The minimum Gasteiger partial charge on any atom is -0.378 e. The SMILES string of the molecule is CCOC1CC(NCc2ccc(F)cc2Br)C1(C)C. The van der Waals surface area contributed by atoms with Crippen molar-refractivity contribution in [3.63, 3.8) is 0 Å². The maximum Gasteiger partial charge on any atom is 0.124 e. The van der Waals surface area contributed by atoms with Gasteiger partial charge < -0.3 is 10.1 Å². The molecule has 0 bridgehead atoms. The summed E-state index contributed by atoms with van der Waals surface area (Å²) in [6.07, 6.45) is 1.38. The fourth-order valence-corrected chi connectivity index (χ4v) is 3.11. The van der Waals surface area contributed by atoms with Crippen LogP contribution in [0.4, 0.5) is 4.39 Å². The molecule has 2 rings (SSSR count). The summed E-state index contributed by atoms with van der Waals surface area (Å²) in [6, 6.07) is 5.27. The maximum atomic E-state index is 13.0. The minimum absolute atomic E-state index is 0.155. The molecule has 0 radical (unpaired) electrons. The fraction of sp³-hybridized carbons (Fsp3) is 0.600. The van der Waals surface area contributed by atoms with Gasteiger partial charge in [0.2, 0.25) is 0 Å². The molecule has 106 valence electrons. The first-order chi connectivity index (χ1) is 8.95. The van der Waals surface area contributed by atoms with Crippen LogP contribution in [0, 0.1) is 11.2 Å². The van der Waals surface area contributed by atoms with E-state index in [1.54, 1.807) is 0 Å². The molecule has 2 atom stereocenters. The summed E-state index contributed by atoms with van der Waals surface area (Å²) in [4.78, 5) is 0. The second kappa shape index (κ2) is 5.90. The summed E-state index contributed by atoms with van der Waals surface area (Å²) in [7, 11) is 0. The maximum absolute atomic E-state index is 13.0. The van der Waals surface area contributed by atoms with Gasteiger partial charge in [0.1, 0.15) is 5.82 Å². The molecule has 1 saturated carbocycles. The van der Waals surface area contributed by atoms with Gasteiger partial charge in [-0.2, -0.15) is 0 Å². The van der Waals surface area contributed by atoms with Crippen molar-refractivity contribution in [2.24, 2.45) is 5.41 Å². The molecule has 1 N–H and O–H groups in total. The normalized spacial score (nSPS) is 25.1. The standard InChI is InChI=1S/C15H21BrFNO/c1-4-19-14-8-13(15(14,2)3)18-9-10-5-6-11(17)7-12(10)16/h5-7,13-14,18H,4,8-9H2,1-3H3. The third-order valence-electron chi connectivity index (χ3n) is 4.10. The molecule has 1 aromatic rings. The molecular formula is C15H21BrFNO. The lowest BCUT2D eigenvalue weighted by Gasteiger charge is -2.52. The van der Waals surface area contributed by atoms with Gasteiger partial charge in [0.15, 0.2) is 0 Å². The average molecular weight is 330 g/mol. The Balaban J connectivity index is 1.90. The topological polar surface area (TPSA) is 21.3 Å². The van der Waals surface area contributed by atoms with Crippen molar-refractivity contribution in [2.45, 2.75) is 45.9 Å². The van der Waals surface area contributed by atoms with Crippen LogP contribution >= 0.6 is 15.9 Å². The summed E-state index contributed by atoms with van der Waals surface area (Å²) in [5.74, 6) is -0.212. The Morgan fingerprint density at radius 3 is 2.79 bits per heavy atom. The van der Waals surface area contributed by atoms with Crippen molar-refractivity contribution < 1.29 is 9.13 Å². The first-order valence-electron chi connectivity index (χ1n) is 6.74. The van der Waals surface area contributed by atoms with Gasteiger partial charge in [-0.25, -0.2) is 4.39 Å². The third kappa shape index (κ3) is 3.18. The average Bonchev–Trinajstić information content (AvgIpc) is 2.35. The highest BCUT2D eigenvalue weighted by Crippen LogP contribution is 2.42. The molecule has 4 heteroatoms. The van der Waals surface area contributed by atoms with Crippen LogP contribution in [0.2, 0.25) is 0 Å². The molecule has 0 amide bonds. The van der Waals surface area contributed by atoms with Crippen LogP contribution in [0.5, 0.6) is 0 Å². The van der Waals surface area contributed by atoms with Crippen molar-refractivity contribution in [3.05, 3.63) is 34.1 Å². The van der Waals surface area contributed by atoms with Gasteiger partial charge in [0.25, 0.3) is 0 Å². The van der Waals surface area contributed by atoms with Crippen molar-refractivity contribution in [3.8, 4) is 0 Å². The van der Waals surface area contributed by atoms with Gasteiger partial charge in [-0.1, -0.05) is 35.8 Å². The summed E-state index contributed by atoms with van der Waals surface area (Å²) < 4.78 is 19.5. The van der Waals surface area contributed by atoms with Gasteiger partial charge in [0.05, 0.1) is 6.10 Å². The number of rotatable bonds is 5. The van der Waals surface area contributed by atoms with E-state index in [0.29, 0.717) is 12.1 Å². The van der Waals surface area contributed by atoms with Crippen molar-refractivity contribution in [2.75, 3.05) is 6.61 Å². The molecule has 1 aromatic carbocycles. The van der Waals surface area contributed by atoms with Gasteiger partial charge in [-0.15, -0.1) is 0 Å². The molecule has 1 aliphatic rings. The molecule has 19 heavy (non-hydrogen) atoms. The van der Waals surface area contributed by atoms with E-state index >= 15 is 0 Å². The second-order valence-corrected chi connectivity index (χ2v) is 6.52. The molecule has 0 spiro atoms. The van der Waals surface area contributed by atoms with Crippen molar-refractivity contribution in [1.29, 1.82) is 0 Å². The summed E-state index contributed by atoms with van der Waals surface area (Å²) >= 11 is 3.40. The van der Waals surface area contributed by atoms with Crippen LogP contribution < -0.4 is 5.32 Å². The van der Waals surface area contributed by atoms with E-state index in [-0.39, 0.29) is 11.2 Å². The summed E-state index contributed by atoms with van der Waals surface area (Å²) in [5.41, 5.74) is 1.24. The number of hydrogen-bond donors (Lipinski definition) is 1. The number of nitrogens with one attached hydrogen (secondary N) is 1. The predicted molar refractivity (Wildman–Crippen MR) is 78.5 cm³/mol. The lowest BCUT2D eigenvalue weighted by molar-refractivity contribution is -0.114. The number of halogens is 2. The van der Waals surface area contributed by atoms with Crippen LogP contribution in [-0.4, -0.2) is 18.8 Å². The molecule has 0 aliphatic heterocycles. The highest BCUT2D eigenvalue weighted by Gasteiger charge is 2.48. The van der Waals surface area contributed by atoms with Crippen LogP contribution in [0.15, 0.2) is 22.7 Å². The summed E-state index contributed by atoms with van der Waals surface area (Å²) in [5, 5.41) is 3.54. The molecular weight excluding hydrogens is 309 g/mol. The van der Waals surface area contributed by atoms with E-state index < -0.39 is 0 Å². The van der Waals surface area contributed by atoms with Crippen LogP contribution in [-0.2, 0) is 11.3 Å². The highest BCUT2D eigenvalue weighted by atomic mass is 79.9. The van der Waals surface area contributed by atoms with E-state index in [0.717, 1.165) is 29.6 Å². The van der Waals surface area contributed by atoms with Crippen molar-refractivity contribution >= 4 is 15.9 Å². The summed E-state index contributed by atoms with van der Waals surface area (Å²) in [6.45, 7) is 8.01. The van der Waals surface area contributed by atoms with E-state index in [1.165, 1.54) is 12.1 Å². The predicted octanol–water partition coefficient (Wildman–Crippen LogP) is 3.88. The zero-order chi connectivity index (χ0) is 14.0. The highest BCUT2D eigenvalue weighted by molar-refractivity contribution is 9.10. The Kier molecular flexibility index (Phi) is 4.64. The quantitative estimate of drug-likeness (QED) is 0.885. The van der Waals surface area contributed by atoms with E-state index in [9.17, 15) is 4.39 Å². The third-order valence-corrected chi connectivity index (χ3v) is 4.84. The van der Waals surface area contributed by atoms with Gasteiger partial charge in [-0.3, -0.25) is 0 Å².